The van der Waals surface area contributed by atoms with E-state index < -0.39 is 30.5 Å². The van der Waals surface area contributed by atoms with E-state index in [1.54, 1.807) is 48.5 Å². The van der Waals surface area contributed by atoms with Crippen LogP contribution in [0.1, 0.15) is 0 Å². The van der Waals surface area contributed by atoms with Gasteiger partial charge in [0.25, 0.3) is 0 Å². The number of imidazole rings is 2. The summed E-state index contributed by atoms with van der Waals surface area (Å²) in [5, 5.41) is -1.07. The molecule has 2 aromatic heterocycles. The van der Waals surface area contributed by atoms with E-state index in [2.05, 4.69) is 19.9 Å². The summed E-state index contributed by atoms with van der Waals surface area (Å²) in [5.41, 5.74) is 2.02. The standard InChI is InChI=1S/2C7H6N2O3S.2Na/c2*10-13(11,12)7-8-5-3-1-2-4-6(5)9-7;;/h2*1-4H,(H,8,9)(H,10,11,12);;/q;;2*+1/p-2. The van der Waals surface area contributed by atoms with Crippen LogP contribution >= 0.6 is 0 Å². The normalized spacial score (nSPS) is 11.2. The minimum Gasteiger partial charge on any atom is -0.742 e. The Balaban J connectivity index is 0.000000261. The summed E-state index contributed by atoms with van der Waals surface area (Å²) in [4.78, 5) is 12.1. The Kier molecular flexibility index (Phi) is 8.83. The van der Waals surface area contributed by atoms with E-state index >= 15 is 0 Å². The van der Waals surface area contributed by atoms with Gasteiger partial charge in [-0.15, -0.1) is 0 Å². The predicted octanol–water partition coefficient (Wildman–Crippen LogP) is -5.06. The first-order valence-electron chi connectivity index (χ1n) is 6.96. The van der Waals surface area contributed by atoms with Crippen LogP contribution in [0.25, 0.3) is 22.1 Å². The number of aromatic amines is 2. The summed E-state index contributed by atoms with van der Waals surface area (Å²) in [6.07, 6.45) is 0. The molecule has 2 N–H and O–H groups in total. The average molecular weight is 440 g/mol. The van der Waals surface area contributed by atoms with Crippen LogP contribution in [0, 0.1) is 0 Å². The van der Waals surface area contributed by atoms with Gasteiger partial charge < -0.3 is 19.1 Å². The van der Waals surface area contributed by atoms with Crippen LogP contribution in [0.4, 0.5) is 0 Å². The summed E-state index contributed by atoms with van der Waals surface area (Å²) >= 11 is 0. The van der Waals surface area contributed by atoms with Crippen LogP contribution < -0.4 is 59.1 Å². The fraction of sp³-hybridized carbons (Fsp3) is 0. The molecule has 0 aliphatic heterocycles. The van der Waals surface area contributed by atoms with Crippen LogP contribution in [0.5, 0.6) is 0 Å². The summed E-state index contributed by atoms with van der Waals surface area (Å²) in [6, 6.07) is 13.4. The summed E-state index contributed by atoms with van der Waals surface area (Å²) < 4.78 is 63.3. The molecular weight excluding hydrogens is 430 g/mol. The summed E-state index contributed by atoms with van der Waals surface area (Å²) in [5.74, 6) is 0. The topological polar surface area (TPSA) is 172 Å². The molecule has 0 aliphatic rings. The molecule has 0 amide bonds. The van der Waals surface area contributed by atoms with Gasteiger partial charge in [0, 0.05) is 0 Å². The zero-order valence-electron chi connectivity index (χ0n) is 14.8. The molecule has 4 rings (SSSR count). The maximum absolute atomic E-state index is 10.6. The number of nitrogens with one attached hydrogen (secondary N) is 2. The molecule has 2 aromatic carbocycles. The first kappa shape index (κ1) is 25.2. The molecule has 0 fully saturated rings. The molecule has 0 unspecified atom stereocenters. The Morgan fingerprint density at radius 1 is 0.643 bits per heavy atom. The van der Waals surface area contributed by atoms with E-state index in [0.29, 0.717) is 22.1 Å². The molecule has 2 heterocycles. The summed E-state index contributed by atoms with van der Waals surface area (Å²) in [6.45, 7) is 0. The monoisotopic (exact) mass is 440 g/mol. The Morgan fingerprint density at radius 2 is 0.964 bits per heavy atom. The fourth-order valence-electron chi connectivity index (χ4n) is 2.10. The molecule has 0 spiro atoms. The van der Waals surface area contributed by atoms with Crippen molar-refractivity contribution in [1.82, 2.24) is 19.9 Å². The van der Waals surface area contributed by atoms with Crippen molar-refractivity contribution in [2.75, 3.05) is 0 Å². The predicted molar refractivity (Wildman–Crippen MR) is 88.1 cm³/mol. The van der Waals surface area contributed by atoms with Gasteiger partial charge in [-0.05, 0) is 24.3 Å². The van der Waals surface area contributed by atoms with E-state index in [0.717, 1.165) is 0 Å². The van der Waals surface area contributed by atoms with Crippen molar-refractivity contribution in [2.45, 2.75) is 10.3 Å². The quantitative estimate of drug-likeness (QED) is 0.230. The Morgan fingerprint density at radius 3 is 1.25 bits per heavy atom. The van der Waals surface area contributed by atoms with Gasteiger partial charge >= 0.3 is 59.1 Å². The smallest absolute Gasteiger partial charge is 0.742 e. The minimum atomic E-state index is -4.48. The van der Waals surface area contributed by atoms with Crippen LogP contribution in [0.2, 0.25) is 0 Å². The van der Waals surface area contributed by atoms with E-state index in [4.69, 9.17) is 0 Å². The molecule has 14 heteroatoms. The van der Waals surface area contributed by atoms with Crippen LogP contribution in [-0.2, 0) is 20.2 Å². The van der Waals surface area contributed by atoms with E-state index in [-0.39, 0.29) is 59.1 Å². The first-order chi connectivity index (χ1) is 12.1. The number of benzene rings is 2. The largest absolute Gasteiger partial charge is 1.00 e. The third-order valence-corrected chi connectivity index (χ3v) is 4.54. The van der Waals surface area contributed by atoms with Crippen molar-refractivity contribution in [2.24, 2.45) is 0 Å². The van der Waals surface area contributed by atoms with Gasteiger partial charge in [0.05, 0.1) is 22.1 Å². The molecule has 0 saturated heterocycles. The van der Waals surface area contributed by atoms with Crippen molar-refractivity contribution >= 4 is 42.3 Å². The molecule has 4 aromatic rings. The first-order valence-corrected chi connectivity index (χ1v) is 9.77. The molecule has 10 nitrogen and oxygen atoms in total. The Hall–Kier alpha value is -0.800. The van der Waals surface area contributed by atoms with Gasteiger partial charge in [-0.2, -0.15) is 0 Å². The zero-order valence-corrected chi connectivity index (χ0v) is 20.4. The number of aromatic nitrogens is 4. The molecule has 0 bridgehead atoms. The molecule has 0 atom stereocenters. The van der Waals surface area contributed by atoms with E-state index in [1.807, 2.05) is 0 Å². The molecule has 28 heavy (non-hydrogen) atoms. The number of nitrogens with zero attached hydrogens (tertiary/aromatic N) is 2. The second kappa shape index (κ2) is 9.80. The van der Waals surface area contributed by atoms with Crippen LogP contribution in [-0.4, -0.2) is 45.9 Å². The number of fused-ring (bicyclic) bond motifs is 2. The van der Waals surface area contributed by atoms with Crippen molar-refractivity contribution < 1.29 is 85.1 Å². The number of hydrogen-bond donors (Lipinski definition) is 2. The third-order valence-electron chi connectivity index (χ3n) is 3.21. The van der Waals surface area contributed by atoms with Crippen molar-refractivity contribution in [3.63, 3.8) is 0 Å². The zero-order chi connectivity index (χ0) is 18.9. The number of hydrogen-bond acceptors (Lipinski definition) is 8. The molecule has 0 radical (unpaired) electrons. The molecule has 136 valence electrons. The van der Waals surface area contributed by atoms with Gasteiger partial charge in [-0.3, -0.25) is 0 Å². The number of H-pyrrole nitrogens is 2. The summed E-state index contributed by atoms with van der Waals surface area (Å²) in [7, 11) is -8.96. The molecule has 0 aliphatic carbocycles. The van der Waals surface area contributed by atoms with Gasteiger partial charge in [-0.1, -0.05) is 24.3 Å². The van der Waals surface area contributed by atoms with Gasteiger partial charge in [0.1, 0.15) is 0 Å². The van der Waals surface area contributed by atoms with Gasteiger partial charge in [0.2, 0.25) is 10.3 Å². The third kappa shape index (κ3) is 6.10. The van der Waals surface area contributed by atoms with E-state index in [9.17, 15) is 25.9 Å². The average Bonchev–Trinajstić information content (AvgIpc) is 3.19. The van der Waals surface area contributed by atoms with Gasteiger partial charge in [0.15, 0.2) is 20.2 Å². The Labute approximate surface area is 204 Å². The van der Waals surface area contributed by atoms with Crippen molar-refractivity contribution in [3.05, 3.63) is 48.5 Å². The maximum Gasteiger partial charge on any atom is 1.00 e. The van der Waals surface area contributed by atoms with Crippen LogP contribution in [0.3, 0.4) is 0 Å². The van der Waals surface area contributed by atoms with Gasteiger partial charge in [-0.25, -0.2) is 26.8 Å². The van der Waals surface area contributed by atoms with Crippen molar-refractivity contribution in [1.29, 1.82) is 0 Å². The minimum absolute atomic E-state index is 0. The molecule has 0 saturated carbocycles. The number of para-hydroxylation sites is 4. The number of rotatable bonds is 2. The van der Waals surface area contributed by atoms with Crippen molar-refractivity contribution in [3.8, 4) is 0 Å². The molecular formula is C14H10N4Na2O6S2. The second-order valence-electron chi connectivity index (χ2n) is 5.03. The second-order valence-corrected chi connectivity index (χ2v) is 7.62. The SMILES string of the molecule is O=S(=O)([O-])c1nc2ccccc2[nH]1.O=S(=O)([O-])c1nc2ccccc2[nH]1.[Na+].[Na+]. The fourth-order valence-corrected chi connectivity index (χ4v) is 2.99. The van der Waals surface area contributed by atoms with Crippen LogP contribution in [0.15, 0.2) is 58.8 Å². The Bertz CT molecular complexity index is 1130. The maximum atomic E-state index is 10.6. The van der Waals surface area contributed by atoms with E-state index in [1.165, 1.54) is 0 Å².